The molecule has 0 aromatic carbocycles. The van der Waals surface area contributed by atoms with E-state index in [4.69, 9.17) is 0 Å². The molecule has 0 spiro atoms. The van der Waals surface area contributed by atoms with Gasteiger partial charge < -0.3 is 16.0 Å². The Kier molecular flexibility index (Phi) is 11.9. The molecular formula is C18H30F3IN6OS. The zero-order valence-electron chi connectivity index (χ0n) is 17.2. The lowest BCUT2D eigenvalue weighted by atomic mass is 10.1. The summed E-state index contributed by atoms with van der Waals surface area (Å²) >= 11 is 1.01. The van der Waals surface area contributed by atoms with Gasteiger partial charge in [-0.25, -0.2) is 4.98 Å². The minimum Gasteiger partial charge on any atom is -0.356 e. The van der Waals surface area contributed by atoms with Crippen molar-refractivity contribution in [2.75, 3.05) is 39.8 Å². The normalized spacial score (nSPS) is 16.1. The Morgan fingerprint density at radius 1 is 1.30 bits per heavy atom. The van der Waals surface area contributed by atoms with Gasteiger partial charge in [0.05, 0.1) is 11.6 Å². The highest BCUT2D eigenvalue weighted by molar-refractivity contribution is 14.0. The fourth-order valence-electron chi connectivity index (χ4n) is 2.99. The van der Waals surface area contributed by atoms with Gasteiger partial charge in [0.2, 0.25) is 5.91 Å². The lowest BCUT2D eigenvalue weighted by molar-refractivity contribution is -0.140. The Morgan fingerprint density at radius 3 is 2.57 bits per heavy atom. The van der Waals surface area contributed by atoms with Crippen molar-refractivity contribution >= 4 is 47.2 Å². The van der Waals surface area contributed by atoms with Crippen LogP contribution >= 0.6 is 35.3 Å². The molecule has 0 saturated carbocycles. The summed E-state index contributed by atoms with van der Waals surface area (Å²) in [4.78, 5) is 21.7. The first-order valence-electron chi connectivity index (χ1n) is 9.79. The molecule has 30 heavy (non-hydrogen) atoms. The van der Waals surface area contributed by atoms with Crippen molar-refractivity contribution in [3.63, 3.8) is 0 Å². The van der Waals surface area contributed by atoms with Gasteiger partial charge in [0, 0.05) is 51.1 Å². The first-order chi connectivity index (χ1) is 13.8. The van der Waals surface area contributed by atoms with Gasteiger partial charge in [0.1, 0.15) is 0 Å². The maximum absolute atomic E-state index is 12.6. The number of carbonyl (C=O) groups is 1. The first kappa shape index (κ1) is 26.9. The number of alkyl halides is 3. The van der Waals surface area contributed by atoms with Crippen LogP contribution in [-0.2, 0) is 17.4 Å². The molecule has 0 aliphatic carbocycles. The van der Waals surface area contributed by atoms with Gasteiger partial charge in [-0.05, 0) is 19.3 Å². The number of thiazole rings is 1. The number of guanidine groups is 1. The molecular weight excluding hydrogens is 532 g/mol. The van der Waals surface area contributed by atoms with Gasteiger partial charge in [-0.15, -0.1) is 35.3 Å². The van der Waals surface area contributed by atoms with Gasteiger partial charge in [-0.1, -0.05) is 6.92 Å². The van der Waals surface area contributed by atoms with Crippen LogP contribution < -0.4 is 16.0 Å². The Hall–Kier alpha value is -1.15. The average molecular weight is 562 g/mol. The van der Waals surface area contributed by atoms with E-state index in [0.717, 1.165) is 49.1 Å². The van der Waals surface area contributed by atoms with Crippen LogP contribution in [0, 0.1) is 0 Å². The van der Waals surface area contributed by atoms with Crippen LogP contribution in [-0.4, -0.2) is 67.6 Å². The summed E-state index contributed by atoms with van der Waals surface area (Å²) in [6.45, 7) is 5.25. The summed E-state index contributed by atoms with van der Waals surface area (Å²) in [5.41, 5.74) is -0.838. The molecule has 1 fully saturated rings. The molecule has 7 nitrogen and oxygen atoms in total. The van der Waals surface area contributed by atoms with Crippen molar-refractivity contribution in [3.05, 3.63) is 16.1 Å². The van der Waals surface area contributed by atoms with E-state index < -0.39 is 11.9 Å². The molecule has 1 aliphatic rings. The van der Waals surface area contributed by atoms with Crippen LogP contribution in [0.2, 0.25) is 0 Å². The number of nitrogens with zero attached hydrogens (tertiary/aromatic N) is 3. The van der Waals surface area contributed by atoms with E-state index in [1.54, 1.807) is 7.05 Å². The molecule has 1 aromatic rings. The highest BCUT2D eigenvalue weighted by atomic mass is 127. The van der Waals surface area contributed by atoms with E-state index in [1.807, 2.05) is 6.92 Å². The minimum atomic E-state index is -4.40. The van der Waals surface area contributed by atoms with E-state index in [9.17, 15) is 18.0 Å². The van der Waals surface area contributed by atoms with Crippen molar-refractivity contribution < 1.29 is 18.0 Å². The quantitative estimate of drug-likeness (QED) is 0.258. The molecule has 0 radical (unpaired) electrons. The number of nitrogens with one attached hydrogen (secondary N) is 3. The van der Waals surface area contributed by atoms with Crippen LogP contribution in [0.3, 0.4) is 0 Å². The number of likely N-dealkylation sites (tertiary alicyclic amines) is 1. The average Bonchev–Trinajstić information content (AvgIpc) is 3.16. The Labute approximate surface area is 196 Å². The number of aliphatic imine (C=N–C) groups is 1. The largest absolute Gasteiger partial charge is 0.434 e. The zero-order chi connectivity index (χ0) is 21.3. The zero-order valence-corrected chi connectivity index (χ0v) is 20.4. The second kappa shape index (κ2) is 13.3. The number of rotatable bonds is 8. The summed E-state index contributed by atoms with van der Waals surface area (Å²) in [6, 6.07) is 0.243. The predicted octanol–water partition coefficient (Wildman–Crippen LogP) is 2.48. The van der Waals surface area contributed by atoms with Crippen LogP contribution in [0.4, 0.5) is 13.2 Å². The number of halogens is 4. The number of hydrogen-bond acceptors (Lipinski definition) is 5. The smallest absolute Gasteiger partial charge is 0.356 e. The van der Waals surface area contributed by atoms with Gasteiger partial charge >= 0.3 is 6.18 Å². The lowest BCUT2D eigenvalue weighted by Crippen LogP contribution is -2.50. The molecule has 0 unspecified atom stereocenters. The molecule has 3 N–H and O–H groups in total. The molecule has 1 aliphatic heterocycles. The van der Waals surface area contributed by atoms with Crippen LogP contribution in [0.25, 0.3) is 0 Å². The van der Waals surface area contributed by atoms with Crippen molar-refractivity contribution in [2.45, 2.75) is 44.8 Å². The number of amides is 1. The fraction of sp³-hybridized carbons (Fsp3) is 0.722. The standard InChI is InChI=1S/C18H29F3N6OS.HI/c1-3-7-23-15(28)11-27-9-5-13(6-10-27)25-17(22-2)24-8-4-16-26-14(12-29-16)18(19,20)21;/h12-13H,3-11H2,1-2H3,(H,23,28)(H2,22,24,25);1H. The molecule has 172 valence electrons. The van der Waals surface area contributed by atoms with E-state index in [2.05, 4.69) is 30.8 Å². The maximum atomic E-state index is 12.6. The molecule has 1 saturated heterocycles. The van der Waals surface area contributed by atoms with Crippen LogP contribution in [0.15, 0.2) is 10.4 Å². The first-order valence-corrected chi connectivity index (χ1v) is 10.7. The lowest BCUT2D eigenvalue weighted by Gasteiger charge is -2.32. The third kappa shape index (κ3) is 9.33. The summed E-state index contributed by atoms with van der Waals surface area (Å²) in [7, 11) is 1.66. The Morgan fingerprint density at radius 2 is 2.00 bits per heavy atom. The van der Waals surface area contributed by atoms with Gasteiger partial charge in [0.15, 0.2) is 11.7 Å². The van der Waals surface area contributed by atoms with E-state index in [1.165, 1.54) is 0 Å². The summed E-state index contributed by atoms with van der Waals surface area (Å²) in [5.74, 6) is 0.684. The topological polar surface area (TPSA) is 81.7 Å². The molecule has 1 amide bonds. The van der Waals surface area contributed by atoms with Crippen molar-refractivity contribution in [2.24, 2.45) is 4.99 Å². The summed E-state index contributed by atoms with van der Waals surface area (Å²) < 4.78 is 37.8. The SMILES string of the molecule is CCCNC(=O)CN1CCC(NC(=NC)NCCc2nc(C(F)(F)F)cs2)CC1.I. The minimum absolute atomic E-state index is 0. The summed E-state index contributed by atoms with van der Waals surface area (Å²) in [6.07, 6.45) is -1.29. The summed E-state index contributed by atoms with van der Waals surface area (Å²) in [5, 5.41) is 10.8. The van der Waals surface area contributed by atoms with Gasteiger partial charge in [-0.2, -0.15) is 13.2 Å². The molecule has 12 heteroatoms. The van der Waals surface area contributed by atoms with Crippen molar-refractivity contribution in [1.29, 1.82) is 0 Å². The van der Waals surface area contributed by atoms with Gasteiger partial charge in [0.25, 0.3) is 0 Å². The Balaban J connectivity index is 0.00000450. The maximum Gasteiger partial charge on any atom is 0.434 e. The molecule has 2 rings (SSSR count). The third-order valence-corrected chi connectivity index (χ3v) is 5.47. The highest BCUT2D eigenvalue weighted by Gasteiger charge is 2.33. The van der Waals surface area contributed by atoms with E-state index in [-0.39, 0.29) is 35.9 Å². The van der Waals surface area contributed by atoms with E-state index >= 15 is 0 Å². The molecule has 1 aromatic heterocycles. The van der Waals surface area contributed by atoms with Crippen LogP contribution in [0.5, 0.6) is 0 Å². The molecule has 0 atom stereocenters. The van der Waals surface area contributed by atoms with Crippen molar-refractivity contribution in [1.82, 2.24) is 25.8 Å². The predicted molar refractivity (Wildman–Crippen MR) is 123 cm³/mol. The number of aromatic nitrogens is 1. The van der Waals surface area contributed by atoms with E-state index in [0.29, 0.717) is 37.0 Å². The van der Waals surface area contributed by atoms with Gasteiger partial charge in [-0.3, -0.25) is 14.7 Å². The van der Waals surface area contributed by atoms with Crippen molar-refractivity contribution in [3.8, 4) is 0 Å². The molecule has 2 heterocycles. The molecule has 0 bridgehead atoms. The monoisotopic (exact) mass is 562 g/mol. The third-order valence-electron chi connectivity index (χ3n) is 4.56. The Bertz CT molecular complexity index is 677. The second-order valence-corrected chi connectivity index (χ2v) is 7.86. The number of piperidine rings is 1. The second-order valence-electron chi connectivity index (χ2n) is 6.92. The highest BCUT2D eigenvalue weighted by Crippen LogP contribution is 2.29. The van der Waals surface area contributed by atoms with Crippen LogP contribution in [0.1, 0.15) is 36.9 Å². The number of hydrogen-bond donors (Lipinski definition) is 3. The number of carbonyl (C=O) groups excluding carboxylic acids is 1. The fourth-order valence-corrected chi connectivity index (χ4v) is 3.80.